The van der Waals surface area contributed by atoms with Crippen LogP contribution in [0.1, 0.15) is 55.5 Å². The molecule has 0 amide bonds. The van der Waals surface area contributed by atoms with Gasteiger partial charge >= 0.3 is 0 Å². The van der Waals surface area contributed by atoms with Gasteiger partial charge in [0.1, 0.15) is 0 Å². The number of carbonyl (C=O) groups is 1. The average Bonchev–Trinajstić information content (AvgIpc) is 2.73. The molecule has 0 heterocycles. The summed E-state index contributed by atoms with van der Waals surface area (Å²) in [6, 6.07) is 16.9. The van der Waals surface area contributed by atoms with Crippen LogP contribution >= 0.6 is 0 Å². The third-order valence-electron chi connectivity index (χ3n) is 5.58. The summed E-state index contributed by atoms with van der Waals surface area (Å²) in [6.07, 6.45) is 3.76. The van der Waals surface area contributed by atoms with E-state index in [1.54, 1.807) is 13.8 Å². The molecule has 1 aliphatic carbocycles. The highest BCUT2D eigenvalue weighted by atomic mass is 32.2. The van der Waals surface area contributed by atoms with Crippen LogP contribution in [0, 0.1) is 5.92 Å². The number of hydrogen-bond acceptors (Lipinski definition) is 4. The third-order valence-corrected chi connectivity index (χ3v) is 7.48. The van der Waals surface area contributed by atoms with Crippen molar-refractivity contribution in [2.24, 2.45) is 5.92 Å². The Bertz CT molecular complexity index is 901. The van der Waals surface area contributed by atoms with Crippen LogP contribution in [0.25, 0.3) is 0 Å². The summed E-state index contributed by atoms with van der Waals surface area (Å²) in [5, 5.41) is 3.06. The Balaban J connectivity index is 1.46. The highest BCUT2D eigenvalue weighted by Gasteiger charge is 2.26. The molecule has 0 radical (unpaired) electrons. The molecule has 6 heteroatoms. The summed E-state index contributed by atoms with van der Waals surface area (Å²) in [6.45, 7) is 4.27. The van der Waals surface area contributed by atoms with E-state index in [2.05, 4.69) is 10.0 Å². The molecule has 0 aliphatic heterocycles. The first kappa shape index (κ1) is 21.5. The summed E-state index contributed by atoms with van der Waals surface area (Å²) in [5.74, 6) is 0.555. The van der Waals surface area contributed by atoms with Gasteiger partial charge in [-0.2, -0.15) is 0 Å². The largest absolute Gasteiger partial charge is 0.385 e. The summed E-state index contributed by atoms with van der Waals surface area (Å²) in [7, 11) is -3.20. The molecule has 1 saturated carbocycles. The monoisotopic (exact) mass is 414 g/mol. The minimum absolute atomic E-state index is 0.0272. The molecule has 29 heavy (non-hydrogen) atoms. The van der Waals surface area contributed by atoms with E-state index >= 15 is 0 Å². The van der Waals surface area contributed by atoms with Crippen molar-refractivity contribution >= 4 is 21.5 Å². The van der Waals surface area contributed by atoms with Crippen molar-refractivity contribution in [3.05, 3.63) is 65.7 Å². The van der Waals surface area contributed by atoms with Crippen LogP contribution in [-0.2, 0) is 10.0 Å². The highest BCUT2D eigenvalue weighted by molar-refractivity contribution is 7.90. The molecule has 0 atom stereocenters. The van der Waals surface area contributed by atoms with E-state index in [1.807, 2.05) is 54.6 Å². The second-order valence-corrected chi connectivity index (χ2v) is 10.4. The Morgan fingerprint density at radius 3 is 2.10 bits per heavy atom. The lowest BCUT2D eigenvalue weighted by molar-refractivity contribution is 0.103. The molecular weight excluding hydrogens is 384 g/mol. The predicted molar refractivity (Wildman–Crippen MR) is 118 cm³/mol. The maximum Gasteiger partial charge on any atom is 0.214 e. The number of anilines is 1. The van der Waals surface area contributed by atoms with Crippen LogP contribution in [0.15, 0.2) is 54.6 Å². The van der Waals surface area contributed by atoms with Gasteiger partial charge in [0.05, 0.1) is 5.25 Å². The molecule has 156 valence electrons. The maximum absolute atomic E-state index is 12.5. The van der Waals surface area contributed by atoms with Crippen molar-refractivity contribution in [2.45, 2.75) is 50.8 Å². The summed E-state index contributed by atoms with van der Waals surface area (Å²) in [4.78, 5) is 12.5. The lowest BCUT2D eigenvalue weighted by Crippen LogP contribution is -2.41. The Hall–Kier alpha value is -2.18. The van der Waals surface area contributed by atoms with Crippen molar-refractivity contribution in [1.82, 2.24) is 4.72 Å². The average molecular weight is 415 g/mol. The van der Waals surface area contributed by atoms with Gasteiger partial charge in [0.25, 0.3) is 0 Å². The molecule has 2 aromatic rings. The molecule has 2 N–H and O–H groups in total. The minimum Gasteiger partial charge on any atom is -0.385 e. The van der Waals surface area contributed by atoms with Crippen molar-refractivity contribution in [1.29, 1.82) is 0 Å². The van der Waals surface area contributed by atoms with E-state index in [4.69, 9.17) is 0 Å². The Kier molecular flexibility index (Phi) is 7.09. The second kappa shape index (κ2) is 9.55. The van der Waals surface area contributed by atoms with Crippen LogP contribution in [0.5, 0.6) is 0 Å². The second-order valence-electron chi connectivity index (χ2n) is 8.08. The molecule has 1 fully saturated rings. The standard InChI is InChI=1S/C23H30N2O3S/c1-17(2)29(27,28)25-22-12-8-18(9-13-22)16-24-21-14-10-20(11-15-21)23(26)19-6-4-3-5-7-19/h3-7,10-11,14-15,17-18,22,24-25H,8-9,12-13,16H2,1-2H3/t18-,22-. The van der Waals surface area contributed by atoms with Gasteiger partial charge in [0.2, 0.25) is 10.0 Å². The van der Waals surface area contributed by atoms with Gasteiger partial charge in [-0.15, -0.1) is 0 Å². The van der Waals surface area contributed by atoms with Gasteiger partial charge < -0.3 is 5.32 Å². The zero-order valence-corrected chi connectivity index (χ0v) is 17.9. The lowest BCUT2D eigenvalue weighted by atomic mass is 9.86. The highest BCUT2D eigenvalue weighted by Crippen LogP contribution is 2.25. The van der Waals surface area contributed by atoms with Crippen LogP contribution < -0.4 is 10.0 Å². The number of rotatable bonds is 8. The number of nitrogens with one attached hydrogen (secondary N) is 2. The minimum atomic E-state index is -3.20. The summed E-state index contributed by atoms with van der Waals surface area (Å²) in [5.41, 5.74) is 2.37. The summed E-state index contributed by atoms with van der Waals surface area (Å²) < 4.78 is 26.9. The maximum atomic E-state index is 12.5. The number of hydrogen-bond donors (Lipinski definition) is 2. The van der Waals surface area contributed by atoms with Crippen molar-refractivity contribution in [3.8, 4) is 0 Å². The molecule has 0 spiro atoms. The zero-order chi connectivity index (χ0) is 20.9. The third kappa shape index (κ3) is 5.90. The molecule has 0 unspecified atom stereocenters. The molecule has 0 saturated heterocycles. The topological polar surface area (TPSA) is 75.3 Å². The van der Waals surface area contributed by atoms with Crippen LogP contribution in [0.3, 0.4) is 0 Å². The van der Waals surface area contributed by atoms with Crippen LogP contribution in [-0.4, -0.2) is 32.0 Å². The van der Waals surface area contributed by atoms with E-state index in [9.17, 15) is 13.2 Å². The SMILES string of the molecule is CC(C)S(=O)(=O)N[C@H]1CC[C@H](CNc2ccc(C(=O)c3ccccc3)cc2)CC1. The van der Waals surface area contributed by atoms with Gasteiger partial charge in [-0.1, -0.05) is 30.3 Å². The van der Waals surface area contributed by atoms with E-state index in [-0.39, 0.29) is 11.8 Å². The lowest BCUT2D eigenvalue weighted by Gasteiger charge is -2.29. The van der Waals surface area contributed by atoms with Gasteiger partial charge in [-0.05, 0) is 69.7 Å². The Morgan fingerprint density at radius 2 is 1.52 bits per heavy atom. The first-order chi connectivity index (χ1) is 13.8. The van der Waals surface area contributed by atoms with E-state index in [1.165, 1.54) is 0 Å². The number of ketones is 1. The normalized spacial score (nSPS) is 19.8. The molecule has 1 aliphatic rings. The molecule has 0 bridgehead atoms. The molecule has 0 aromatic heterocycles. The van der Waals surface area contributed by atoms with Gasteiger partial charge in [-0.3, -0.25) is 4.79 Å². The molecular formula is C23H30N2O3S. The zero-order valence-electron chi connectivity index (χ0n) is 17.1. The van der Waals surface area contributed by atoms with Gasteiger partial charge in [0.15, 0.2) is 5.78 Å². The quantitative estimate of drug-likeness (QED) is 0.634. The van der Waals surface area contributed by atoms with Crippen molar-refractivity contribution < 1.29 is 13.2 Å². The molecule has 3 rings (SSSR count). The first-order valence-electron chi connectivity index (χ1n) is 10.3. The van der Waals surface area contributed by atoms with Crippen LogP contribution in [0.4, 0.5) is 5.69 Å². The van der Waals surface area contributed by atoms with E-state index in [0.717, 1.165) is 37.9 Å². The smallest absolute Gasteiger partial charge is 0.214 e. The van der Waals surface area contributed by atoms with Gasteiger partial charge in [0, 0.05) is 29.4 Å². The van der Waals surface area contributed by atoms with Crippen molar-refractivity contribution in [2.75, 3.05) is 11.9 Å². The van der Waals surface area contributed by atoms with Gasteiger partial charge in [-0.25, -0.2) is 13.1 Å². The fourth-order valence-corrected chi connectivity index (χ4v) is 4.58. The van der Waals surface area contributed by atoms with Crippen molar-refractivity contribution in [3.63, 3.8) is 0 Å². The van der Waals surface area contributed by atoms with E-state index in [0.29, 0.717) is 17.0 Å². The predicted octanol–water partition coefficient (Wildman–Crippen LogP) is 4.22. The number of sulfonamides is 1. The first-order valence-corrected chi connectivity index (χ1v) is 11.8. The Labute approximate surface area is 174 Å². The number of benzene rings is 2. The fourth-order valence-electron chi connectivity index (χ4n) is 3.61. The summed E-state index contributed by atoms with van der Waals surface area (Å²) >= 11 is 0. The van der Waals surface area contributed by atoms with Crippen LogP contribution in [0.2, 0.25) is 0 Å². The van der Waals surface area contributed by atoms with E-state index < -0.39 is 15.3 Å². The number of carbonyl (C=O) groups excluding carboxylic acids is 1. The fraction of sp³-hybridized carbons (Fsp3) is 0.435. The molecule has 2 aromatic carbocycles. The molecule has 5 nitrogen and oxygen atoms in total. The Morgan fingerprint density at radius 1 is 0.931 bits per heavy atom.